The first kappa shape index (κ1) is 26.5. The van der Waals surface area contributed by atoms with Crippen LogP contribution in [0.15, 0.2) is 42.7 Å². The van der Waals surface area contributed by atoms with Crippen LogP contribution in [0.4, 0.5) is 5.82 Å². The summed E-state index contributed by atoms with van der Waals surface area (Å²) in [5.41, 5.74) is 2.93. The maximum Gasteiger partial charge on any atom is 0.162 e. The van der Waals surface area contributed by atoms with Crippen molar-refractivity contribution in [2.24, 2.45) is 0 Å². The summed E-state index contributed by atoms with van der Waals surface area (Å²) in [5.74, 6) is 1.81. The van der Waals surface area contributed by atoms with Gasteiger partial charge >= 0.3 is 0 Å². The van der Waals surface area contributed by atoms with E-state index in [0.717, 1.165) is 90.4 Å². The van der Waals surface area contributed by atoms with E-state index in [0.29, 0.717) is 32.5 Å². The second-order valence-electron chi connectivity index (χ2n) is 10.2. The third kappa shape index (κ3) is 5.91. The van der Waals surface area contributed by atoms with Gasteiger partial charge in [-0.2, -0.15) is 5.10 Å². The van der Waals surface area contributed by atoms with Gasteiger partial charge in [0.05, 0.1) is 35.1 Å². The number of allylic oxidation sites excluding steroid dienone is 1. The number of anilines is 1. The molecule has 0 amide bonds. The summed E-state index contributed by atoms with van der Waals surface area (Å²) in [6.45, 7) is 7.63. The van der Waals surface area contributed by atoms with Crippen molar-refractivity contribution in [2.75, 3.05) is 57.4 Å². The SMILES string of the molecule is O=CCCC(=O)CC=CN1CCN(Cc2cc3nc(-c4cccc5[nH]ncc45)nc(N4CCOCC4)c3s2)CC1. The molecular weight excluding hydrogens is 526 g/mol. The molecule has 1 N–H and O–H groups in total. The van der Waals surface area contributed by atoms with Crippen molar-refractivity contribution in [3.05, 3.63) is 47.6 Å². The Labute approximate surface area is 236 Å². The number of hydrogen-bond donors (Lipinski definition) is 1. The molecule has 208 valence electrons. The van der Waals surface area contributed by atoms with Crippen molar-refractivity contribution >= 4 is 50.3 Å². The predicted octanol–water partition coefficient (Wildman–Crippen LogP) is 3.64. The van der Waals surface area contributed by atoms with Gasteiger partial charge in [0.2, 0.25) is 0 Å². The van der Waals surface area contributed by atoms with Crippen LogP contribution in [0.3, 0.4) is 0 Å². The maximum absolute atomic E-state index is 11.8. The van der Waals surface area contributed by atoms with E-state index >= 15 is 0 Å². The lowest BCUT2D eigenvalue weighted by atomic mass is 10.1. The van der Waals surface area contributed by atoms with E-state index in [4.69, 9.17) is 14.7 Å². The average molecular weight is 560 g/mol. The summed E-state index contributed by atoms with van der Waals surface area (Å²) >= 11 is 1.79. The number of aldehydes is 1. The minimum atomic E-state index is 0.107. The molecule has 2 aliphatic rings. The summed E-state index contributed by atoms with van der Waals surface area (Å²) in [7, 11) is 0. The molecule has 3 aromatic heterocycles. The molecule has 0 saturated carbocycles. The van der Waals surface area contributed by atoms with Crippen LogP contribution in [0.25, 0.3) is 32.5 Å². The van der Waals surface area contributed by atoms with Crippen molar-refractivity contribution in [3.63, 3.8) is 0 Å². The zero-order valence-electron chi connectivity index (χ0n) is 22.4. The summed E-state index contributed by atoms with van der Waals surface area (Å²) in [4.78, 5) is 40.7. The third-order valence-electron chi connectivity index (χ3n) is 7.43. The Morgan fingerprint density at radius 3 is 2.77 bits per heavy atom. The summed E-state index contributed by atoms with van der Waals surface area (Å²) in [5, 5.41) is 8.29. The van der Waals surface area contributed by atoms with E-state index in [1.807, 2.05) is 30.6 Å². The molecule has 0 spiro atoms. The lowest BCUT2D eigenvalue weighted by Gasteiger charge is -2.33. The smallest absolute Gasteiger partial charge is 0.162 e. The number of Topliss-reactive ketones (excluding diaryl/α,β-unsaturated/α-hetero) is 1. The number of carbonyl (C=O) groups is 2. The largest absolute Gasteiger partial charge is 0.378 e. The van der Waals surface area contributed by atoms with Gasteiger partial charge in [-0.05, 0) is 18.3 Å². The number of ether oxygens (including phenoxy) is 1. The van der Waals surface area contributed by atoms with Gasteiger partial charge in [0.15, 0.2) is 11.6 Å². The Bertz CT molecular complexity index is 1520. The standard InChI is InChI=1S/C29H33N7O3S/c37-15-3-5-21(38)4-2-8-34-9-11-35(12-10-34)20-22-18-26-27(40-22)29(36-13-16-39-17-14-36)32-28(31-26)23-6-1-7-25-24(23)19-30-33-25/h1-2,6-8,15,18-19H,3-5,9-14,16-17,20H2,(H,30,33). The van der Waals surface area contributed by atoms with Gasteiger partial charge < -0.3 is 19.3 Å². The van der Waals surface area contributed by atoms with E-state index in [2.05, 4.69) is 37.0 Å². The van der Waals surface area contributed by atoms with E-state index in [1.54, 1.807) is 11.3 Å². The number of nitrogens with one attached hydrogen (secondary N) is 1. The number of hydrogen-bond acceptors (Lipinski definition) is 10. The van der Waals surface area contributed by atoms with Gasteiger partial charge in [-0.15, -0.1) is 11.3 Å². The fourth-order valence-corrected chi connectivity index (χ4v) is 6.42. The number of ketones is 1. The first-order valence-corrected chi connectivity index (χ1v) is 14.6. The maximum atomic E-state index is 11.8. The molecule has 0 atom stereocenters. The summed E-state index contributed by atoms with van der Waals surface area (Å²) in [6, 6.07) is 8.31. The van der Waals surface area contributed by atoms with Crippen LogP contribution in [-0.2, 0) is 20.9 Å². The van der Waals surface area contributed by atoms with Gasteiger partial charge in [0.25, 0.3) is 0 Å². The number of aromatic nitrogens is 4. The zero-order chi connectivity index (χ0) is 27.3. The second kappa shape index (κ2) is 12.2. The van der Waals surface area contributed by atoms with Crippen molar-refractivity contribution in [1.29, 1.82) is 0 Å². The van der Waals surface area contributed by atoms with Gasteiger partial charge in [-0.1, -0.05) is 18.2 Å². The first-order chi connectivity index (χ1) is 19.7. The van der Waals surface area contributed by atoms with E-state index in [1.165, 1.54) is 4.88 Å². The molecule has 0 unspecified atom stereocenters. The van der Waals surface area contributed by atoms with Crippen molar-refractivity contribution < 1.29 is 14.3 Å². The van der Waals surface area contributed by atoms with Crippen molar-refractivity contribution in [3.8, 4) is 11.4 Å². The van der Waals surface area contributed by atoms with Crippen LogP contribution in [0.1, 0.15) is 24.1 Å². The van der Waals surface area contributed by atoms with E-state index in [-0.39, 0.29) is 5.78 Å². The number of carbonyl (C=O) groups excluding carboxylic acids is 2. The minimum absolute atomic E-state index is 0.107. The normalized spacial score (nSPS) is 16.9. The number of rotatable bonds is 10. The van der Waals surface area contributed by atoms with Gasteiger partial charge in [0, 0.05) is 80.9 Å². The Kier molecular flexibility index (Phi) is 8.12. The van der Waals surface area contributed by atoms with Crippen LogP contribution in [-0.4, -0.2) is 94.5 Å². The van der Waals surface area contributed by atoms with E-state index < -0.39 is 0 Å². The highest BCUT2D eigenvalue weighted by Gasteiger charge is 2.22. The highest BCUT2D eigenvalue weighted by molar-refractivity contribution is 7.19. The molecule has 2 saturated heterocycles. The van der Waals surface area contributed by atoms with Crippen LogP contribution in [0, 0.1) is 0 Å². The fourth-order valence-electron chi connectivity index (χ4n) is 5.26. The lowest BCUT2D eigenvalue weighted by Crippen LogP contribution is -2.43. The van der Waals surface area contributed by atoms with Gasteiger partial charge in [0.1, 0.15) is 12.1 Å². The molecular formula is C29H33N7O3S. The number of benzene rings is 1. The summed E-state index contributed by atoms with van der Waals surface area (Å²) in [6.07, 6.45) is 7.61. The molecule has 5 heterocycles. The van der Waals surface area contributed by atoms with Crippen LogP contribution in [0.5, 0.6) is 0 Å². The quantitative estimate of drug-likeness (QED) is 0.291. The Morgan fingerprint density at radius 2 is 1.95 bits per heavy atom. The molecule has 1 aromatic carbocycles. The molecule has 2 aliphatic heterocycles. The number of H-pyrrole nitrogens is 1. The average Bonchev–Trinajstić information content (AvgIpc) is 3.63. The predicted molar refractivity (Wildman–Crippen MR) is 156 cm³/mol. The first-order valence-electron chi connectivity index (χ1n) is 13.8. The van der Waals surface area contributed by atoms with Crippen LogP contribution >= 0.6 is 11.3 Å². The Hall–Kier alpha value is -3.67. The molecule has 4 aromatic rings. The van der Waals surface area contributed by atoms with Crippen molar-refractivity contribution in [2.45, 2.75) is 25.8 Å². The molecule has 10 nitrogen and oxygen atoms in total. The molecule has 0 radical (unpaired) electrons. The van der Waals surface area contributed by atoms with Gasteiger partial charge in [-0.25, -0.2) is 9.97 Å². The topological polar surface area (TPSA) is 108 Å². The number of thiophene rings is 1. The number of aromatic amines is 1. The fraction of sp³-hybridized carbons (Fsp3) is 0.414. The number of fused-ring (bicyclic) bond motifs is 2. The zero-order valence-corrected chi connectivity index (χ0v) is 23.2. The highest BCUT2D eigenvalue weighted by atomic mass is 32.1. The van der Waals surface area contributed by atoms with Crippen LogP contribution in [0.2, 0.25) is 0 Å². The van der Waals surface area contributed by atoms with Crippen molar-refractivity contribution in [1.82, 2.24) is 30.0 Å². The number of piperazine rings is 1. The molecule has 0 bridgehead atoms. The Balaban J connectivity index is 1.19. The summed E-state index contributed by atoms with van der Waals surface area (Å²) < 4.78 is 6.75. The third-order valence-corrected chi connectivity index (χ3v) is 8.54. The Morgan fingerprint density at radius 1 is 1.10 bits per heavy atom. The molecule has 6 rings (SSSR count). The molecule has 11 heteroatoms. The van der Waals surface area contributed by atoms with E-state index in [9.17, 15) is 9.59 Å². The monoisotopic (exact) mass is 559 g/mol. The number of morpholine rings is 1. The number of nitrogens with zero attached hydrogens (tertiary/aromatic N) is 6. The lowest BCUT2D eigenvalue weighted by molar-refractivity contribution is -0.120. The minimum Gasteiger partial charge on any atom is -0.378 e. The highest BCUT2D eigenvalue weighted by Crippen LogP contribution is 2.36. The molecule has 40 heavy (non-hydrogen) atoms. The molecule has 0 aliphatic carbocycles. The van der Waals surface area contributed by atoms with Crippen LogP contribution < -0.4 is 4.90 Å². The second-order valence-corrected chi connectivity index (χ2v) is 11.3. The van der Waals surface area contributed by atoms with Gasteiger partial charge in [-0.3, -0.25) is 14.8 Å². The molecule has 2 fully saturated rings.